The smallest absolute Gasteiger partial charge is 0.125 e. The van der Waals surface area contributed by atoms with Crippen molar-refractivity contribution in [3.63, 3.8) is 0 Å². The largest absolute Gasteiger partial charge is 0.241 e. The molecule has 78 valence electrons. The highest BCUT2D eigenvalue weighted by Gasteiger charge is 2.09. The standard InChI is InChI=1S/C12H12BrNS/c1-3-11-8(2)15-12(14-11)9-6-4-5-7-10(9)13/h4-7H,3H2,1-2H3. The fourth-order valence-electron chi connectivity index (χ4n) is 1.51. The van der Waals surface area contributed by atoms with Crippen LogP contribution in [0.1, 0.15) is 17.5 Å². The van der Waals surface area contributed by atoms with Gasteiger partial charge in [0.15, 0.2) is 0 Å². The Labute approximate surface area is 102 Å². The van der Waals surface area contributed by atoms with E-state index in [1.165, 1.54) is 16.1 Å². The van der Waals surface area contributed by atoms with Gasteiger partial charge >= 0.3 is 0 Å². The minimum Gasteiger partial charge on any atom is -0.241 e. The van der Waals surface area contributed by atoms with Gasteiger partial charge in [0.25, 0.3) is 0 Å². The van der Waals surface area contributed by atoms with E-state index in [2.05, 4.69) is 46.9 Å². The molecule has 15 heavy (non-hydrogen) atoms. The zero-order valence-electron chi connectivity index (χ0n) is 8.75. The summed E-state index contributed by atoms with van der Waals surface area (Å²) in [5, 5.41) is 1.11. The number of hydrogen-bond donors (Lipinski definition) is 0. The predicted octanol–water partition coefficient (Wildman–Crippen LogP) is 4.44. The Morgan fingerprint density at radius 2 is 2.07 bits per heavy atom. The van der Waals surface area contributed by atoms with Crippen LogP contribution in [0.5, 0.6) is 0 Å². The first-order chi connectivity index (χ1) is 7.22. The van der Waals surface area contributed by atoms with E-state index in [1.54, 1.807) is 11.3 Å². The van der Waals surface area contributed by atoms with Crippen molar-refractivity contribution >= 4 is 27.3 Å². The zero-order chi connectivity index (χ0) is 10.8. The highest BCUT2D eigenvalue weighted by Crippen LogP contribution is 2.32. The lowest BCUT2D eigenvalue weighted by molar-refractivity contribution is 1.05. The van der Waals surface area contributed by atoms with Crippen LogP contribution in [0.15, 0.2) is 28.7 Å². The maximum atomic E-state index is 4.65. The fraction of sp³-hybridized carbons (Fsp3) is 0.250. The molecule has 2 aromatic rings. The Morgan fingerprint density at radius 1 is 1.33 bits per heavy atom. The molecule has 0 unspecified atom stereocenters. The number of hydrogen-bond acceptors (Lipinski definition) is 2. The molecule has 0 bridgehead atoms. The van der Waals surface area contributed by atoms with E-state index in [-0.39, 0.29) is 0 Å². The van der Waals surface area contributed by atoms with Gasteiger partial charge < -0.3 is 0 Å². The van der Waals surface area contributed by atoms with Crippen LogP contribution < -0.4 is 0 Å². The molecule has 1 nitrogen and oxygen atoms in total. The molecule has 1 aromatic heterocycles. The number of rotatable bonds is 2. The van der Waals surface area contributed by atoms with Gasteiger partial charge in [-0.1, -0.05) is 41.1 Å². The lowest BCUT2D eigenvalue weighted by Crippen LogP contribution is -1.83. The van der Waals surface area contributed by atoms with Gasteiger partial charge in [0.1, 0.15) is 5.01 Å². The van der Waals surface area contributed by atoms with Crippen LogP contribution in [0.3, 0.4) is 0 Å². The zero-order valence-corrected chi connectivity index (χ0v) is 11.2. The summed E-state index contributed by atoms with van der Waals surface area (Å²) in [5.74, 6) is 0. The summed E-state index contributed by atoms with van der Waals surface area (Å²) in [6.45, 7) is 4.28. The van der Waals surface area contributed by atoms with Crippen molar-refractivity contribution in [1.29, 1.82) is 0 Å². The number of aromatic nitrogens is 1. The van der Waals surface area contributed by atoms with Gasteiger partial charge in [0.2, 0.25) is 0 Å². The third-order valence-electron chi connectivity index (χ3n) is 2.33. The quantitative estimate of drug-likeness (QED) is 0.793. The maximum absolute atomic E-state index is 4.65. The Kier molecular flexibility index (Phi) is 3.22. The molecule has 0 aliphatic heterocycles. The molecule has 0 N–H and O–H groups in total. The van der Waals surface area contributed by atoms with Gasteiger partial charge in [0, 0.05) is 14.9 Å². The molecule has 0 amide bonds. The molecule has 1 heterocycles. The van der Waals surface area contributed by atoms with Crippen LogP contribution in [-0.2, 0) is 6.42 Å². The van der Waals surface area contributed by atoms with Crippen LogP contribution in [0.25, 0.3) is 10.6 Å². The summed E-state index contributed by atoms with van der Waals surface area (Å²) >= 11 is 5.32. The minimum absolute atomic E-state index is 1.01. The second kappa shape index (κ2) is 4.45. The molecule has 0 spiro atoms. The van der Waals surface area contributed by atoms with Crippen LogP contribution in [-0.4, -0.2) is 4.98 Å². The first kappa shape index (κ1) is 10.8. The van der Waals surface area contributed by atoms with Crippen molar-refractivity contribution in [3.8, 4) is 10.6 Å². The van der Waals surface area contributed by atoms with Crippen molar-refractivity contribution < 1.29 is 0 Å². The maximum Gasteiger partial charge on any atom is 0.125 e. The second-order valence-corrected chi connectivity index (χ2v) is 5.41. The summed E-state index contributed by atoms with van der Waals surface area (Å²) in [6, 6.07) is 8.22. The van der Waals surface area contributed by atoms with E-state index in [4.69, 9.17) is 0 Å². The first-order valence-corrected chi connectivity index (χ1v) is 6.54. The van der Waals surface area contributed by atoms with E-state index < -0.39 is 0 Å². The highest BCUT2D eigenvalue weighted by molar-refractivity contribution is 9.10. The van der Waals surface area contributed by atoms with Crippen LogP contribution >= 0.6 is 27.3 Å². The van der Waals surface area contributed by atoms with Crippen LogP contribution in [0.2, 0.25) is 0 Å². The summed E-state index contributed by atoms with van der Waals surface area (Å²) < 4.78 is 1.11. The Bertz CT molecular complexity index is 476. The van der Waals surface area contributed by atoms with Gasteiger partial charge in [-0.05, 0) is 19.4 Å². The molecule has 1 aromatic carbocycles. The number of aryl methyl sites for hydroxylation is 2. The molecule has 0 atom stereocenters. The van der Waals surface area contributed by atoms with Crippen LogP contribution in [0.4, 0.5) is 0 Å². The molecule has 0 saturated heterocycles. The van der Waals surface area contributed by atoms with E-state index in [1.807, 2.05) is 12.1 Å². The summed E-state index contributed by atoms with van der Waals surface area (Å²) in [5.41, 5.74) is 2.40. The highest BCUT2D eigenvalue weighted by atomic mass is 79.9. The predicted molar refractivity (Wildman–Crippen MR) is 69.4 cm³/mol. The summed E-state index contributed by atoms with van der Waals surface area (Å²) in [4.78, 5) is 5.97. The van der Waals surface area contributed by atoms with Crippen molar-refractivity contribution in [3.05, 3.63) is 39.3 Å². The van der Waals surface area contributed by atoms with Gasteiger partial charge in [-0.3, -0.25) is 0 Å². The van der Waals surface area contributed by atoms with Crippen LogP contribution in [0, 0.1) is 6.92 Å². The monoisotopic (exact) mass is 281 g/mol. The Balaban J connectivity index is 2.50. The van der Waals surface area contributed by atoms with Crippen molar-refractivity contribution in [2.24, 2.45) is 0 Å². The average molecular weight is 282 g/mol. The minimum atomic E-state index is 1.01. The van der Waals surface area contributed by atoms with Gasteiger partial charge in [-0.15, -0.1) is 11.3 Å². The Morgan fingerprint density at radius 3 is 2.67 bits per heavy atom. The molecule has 0 aliphatic carbocycles. The summed E-state index contributed by atoms with van der Waals surface area (Å²) in [7, 11) is 0. The third-order valence-corrected chi connectivity index (χ3v) is 4.07. The van der Waals surface area contributed by atoms with Gasteiger partial charge in [-0.25, -0.2) is 4.98 Å². The van der Waals surface area contributed by atoms with Gasteiger partial charge in [0.05, 0.1) is 5.69 Å². The lowest BCUT2D eigenvalue weighted by Gasteiger charge is -1.98. The van der Waals surface area contributed by atoms with Crippen molar-refractivity contribution in [2.45, 2.75) is 20.3 Å². The number of halogens is 1. The molecular weight excluding hydrogens is 270 g/mol. The van der Waals surface area contributed by atoms with E-state index in [0.717, 1.165) is 15.9 Å². The molecule has 0 saturated carbocycles. The first-order valence-electron chi connectivity index (χ1n) is 4.93. The molecule has 0 fully saturated rings. The average Bonchev–Trinajstić information content (AvgIpc) is 2.60. The van der Waals surface area contributed by atoms with E-state index in [0.29, 0.717) is 0 Å². The van der Waals surface area contributed by atoms with Gasteiger partial charge in [-0.2, -0.15) is 0 Å². The molecular formula is C12H12BrNS. The molecule has 0 radical (unpaired) electrons. The SMILES string of the molecule is CCc1nc(-c2ccccc2Br)sc1C. The van der Waals surface area contributed by atoms with E-state index >= 15 is 0 Å². The molecule has 0 aliphatic rings. The second-order valence-electron chi connectivity index (χ2n) is 3.36. The Hall–Kier alpha value is -0.670. The van der Waals surface area contributed by atoms with Crippen molar-refractivity contribution in [1.82, 2.24) is 4.98 Å². The van der Waals surface area contributed by atoms with E-state index in [9.17, 15) is 0 Å². The topological polar surface area (TPSA) is 12.9 Å². The van der Waals surface area contributed by atoms with Crippen molar-refractivity contribution in [2.75, 3.05) is 0 Å². The molecule has 2 rings (SSSR count). The number of benzene rings is 1. The molecule has 3 heteroatoms. The lowest BCUT2D eigenvalue weighted by atomic mass is 10.2. The summed E-state index contributed by atoms with van der Waals surface area (Å²) in [6.07, 6.45) is 1.01. The fourth-order valence-corrected chi connectivity index (χ4v) is 3.15. The number of nitrogens with zero attached hydrogens (tertiary/aromatic N) is 1. The third kappa shape index (κ3) is 2.13. The normalized spacial score (nSPS) is 10.6. The number of thiazole rings is 1.